The molecule has 1 aliphatic rings. The van der Waals surface area contributed by atoms with E-state index < -0.39 is 0 Å². The topological polar surface area (TPSA) is 38.8 Å². The predicted molar refractivity (Wildman–Crippen MR) is 95.8 cm³/mol. The number of benzene rings is 1. The summed E-state index contributed by atoms with van der Waals surface area (Å²) in [5.74, 6) is 0.114. The summed E-state index contributed by atoms with van der Waals surface area (Å²) in [6, 6.07) is 8.19. The molecular weight excluding hydrogens is 288 g/mol. The van der Waals surface area contributed by atoms with Crippen LogP contribution in [0.1, 0.15) is 19.4 Å². The van der Waals surface area contributed by atoms with Crippen LogP contribution in [-0.4, -0.2) is 68.6 Å². The third-order valence-electron chi connectivity index (χ3n) is 4.80. The molecule has 0 aliphatic carbocycles. The number of nitrogens with one attached hydrogen (secondary N) is 1. The molecule has 0 bridgehead atoms. The number of anilines is 1. The van der Waals surface area contributed by atoms with Gasteiger partial charge in [0.1, 0.15) is 0 Å². The highest BCUT2D eigenvalue weighted by atomic mass is 16.2. The van der Waals surface area contributed by atoms with Gasteiger partial charge in [0, 0.05) is 52.0 Å². The van der Waals surface area contributed by atoms with E-state index in [4.69, 9.17) is 0 Å². The second-order valence-electron chi connectivity index (χ2n) is 6.38. The van der Waals surface area contributed by atoms with Crippen LogP contribution in [0.5, 0.6) is 0 Å². The highest BCUT2D eigenvalue weighted by Gasteiger charge is 2.24. The Labute approximate surface area is 140 Å². The SMILES string of the molecule is CCN(C)c1ccccc1CNC(=O)[C@@H](C)N1CCN(C)CC1. The van der Waals surface area contributed by atoms with Gasteiger partial charge in [0.15, 0.2) is 0 Å². The Morgan fingerprint density at radius 1 is 1.26 bits per heavy atom. The molecule has 0 spiro atoms. The Bertz CT molecular complexity index is 511. The molecule has 1 heterocycles. The molecule has 1 N–H and O–H groups in total. The zero-order valence-corrected chi connectivity index (χ0v) is 14.9. The van der Waals surface area contributed by atoms with Crippen molar-refractivity contribution < 1.29 is 4.79 Å². The summed E-state index contributed by atoms with van der Waals surface area (Å²) in [7, 11) is 4.21. The summed E-state index contributed by atoms with van der Waals surface area (Å²) in [6.07, 6.45) is 0. The van der Waals surface area contributed by atoms with Crippen molar-refractivity contribution in [2.24, 2.45) is 0 Å². The van der Waals surface area contributed by atoms with Crippen molar-refractivity contribution in [3.8, 4) is 0 Å². The Balaban J connectivity index is 1.91. The van der Waals surface area contributed by atoms with Crippen LogP contribution in [0.25, 0.3) is 0 Å². The summed E-state index contributed by atoms with van der Waals surface area (Å²) >= 11 is 0. The van der Waals surface area contributed by atoms with Gasteiger partial charge in [0.2, 0.25) is 5.91 Å². The number of piperazine rings is 1. The second-order valence-corrected chi connectivity index (χ2v) is 6.38. The second kappa shape index (κ2) is 8.31. The van der Waals surface area contributed by atoms with Crippen molar-refractivity contribution in [2.45, 2.75) is 26.4 Å². The van der Waals surface area contributed by atoms with E-state index >= 15 is 0 Å². The number of rotatable bonds is 6. The normalized spacial score (nSPS) is 17.7. The average Bonchev–Trinajstić information content (AvgIpc) is 2.59. The fraction of sp³-hybridized carbons (Fsp3) is 0.611. The van der Waals surface area contributed by atoms with Gasteiger partial charge in [-0.1, -0.05) is 18.2 Å². The number of amides is 1. The summed E-state index contributed by atoms with van der Waals surface area (Å²) in [5, 5.41) is 3.11. The Hall–Kier alpha value is -1.59. The van der Waals surface area contributed by atoms with Crippen LogP contribution >= 0.6 is 0 Å². The minimum atomic E-state index is -0.0697. The first kappa shape index (κ1) is 17.8. The van der Waals surface area contributed by atoms with Crippen molar-refractivity contribution in [1.29, 1.82) is 0 Å². The number of hydrogen-bond acceptors (Lipinski definition) is 4. The van der Waals surface area contributed by atoms with Crippen molar-refractivity contribution in [1.82, 2.24) is 15.1 Å². The molecule has 128 valence electrons. The monoisotopic (exact) mass is 318 g/mol. The largest absolute Gasteiger partial charge is 0.375 e. The van der Waals surface area contributed by atoms with E-state index in [0.717, 1.165) is 38.3 Å². The van der Waals surface area contributed by atoms with Gasteiger partial charge in [0.25, 0.3) is 0 Å². The summed E-state index contributed by atoms with van der Waals surface area (Å²) in [5.41, 5.74) is 2.35. The zero-order valence-electron chi connectivity index (χ0n) is 14.9. The summed E-state index contributed by atoms with van der Waals surface area (Å²) in [6.45, 7) is 9.64. The van der Waals surface area contributed by atoms with Crippen LogP contribution in [0.2, 0.25) is 0 Å². The minimum absolute atomic E-state index is 0.0697. The third-order valence-corrected chi connectivity index (χ3v) is 4.80. The molecule has 1 fully saturated rings. The lowest BCUT2D eigenvalue weighted by Gasteiger charge is -2.35. The minimum Gasteiger partial charge on any atom is -0.375 e. The molecule has 1 atom stereocenters. The predicted octanol–water partition coefficient (Wildman–Crippen LogP) is 1.39. The van der Waals surface area contributed by atoms with Gasteiger partial charge in [-0.3, -0.25) is 9.69 Å². The van der Waals surface area contributed by atoms with Crippen LogP contribution in [0, 0.1) is 0 Å². The van der Waals surface area contributed by atoms with Gasteiger partial charge >= 0.3 is 0 Å². The number of para-hydroxylation sites is 1. The molecule has 23 heavy (non-hydrogen) atoms. The molecule has 1 saturated heterocycles. The van der Waals surface area contributed by atoms with Crippen LogP contribution in [0.15, 0.2) is 24.3 Å². The first-order valence-corrected chi connectivity index (χ1v) is 8.52. The number of carbonyl (C=O) groups is 1. The van der Waals surface area contributed by atoms with E-state index in [1.54, 1.807) is 0 Å². The Morgan fingerprint density at radius 3 is 2.57 bits per heavy atom. The van der Waals surface area contributed by atoms with E-state index in [0.29, 0.717) is 6.54 Å². The van der Waals surface area contributed by atoms with Gasteiger partial charge in [0.05, 0.1) is 6.04 Å². The van der Waals surface area contributed by atoms with Crippen molar-refractivity contribution in [3.63, 3.8) is 0 Å². The Kier molecular flexibility index (Phi) is 6.42. The van der Waals surface area contributed by atoms with Gasteiger partial charge in [-0.25, -0.2) is 0 Å². The maximum absolute atomic E-state index is 12.5. The zero-order chi connectivity index (χ0) is 16.8. The van der Waals surface area contributed by atoms with Crippen LogP contribution in [-0.2, 0) is 11.3 Å². The molecular formula is C18H30N4O. The lowest BCUT2D eigenvalue weighted by Crippen LogP contribution is -2.52. The fourth-order valence-electron chi connectivity index (χ4n) is 2.91. The van der Waals surface area contributed by atoms with Crippen molar-refractivity contribution >= 4 is 11.6 Å². The molecule has 1 aromatic rings. The molecule has 5 heteroatoms. The van der Waals surface area contributed by atoms with E-state index in [-0.39, 0.29) is 11.9 Å². The number of carbonyl (C=O) groups excluding carboxylic acids is 1. The molecule has 2 rings (SSSR count). The number of nitrogens with zero attached hydrogens (tertiary/aromatic N) is 3. The molecule has 0 unspecified atom stereocenters. The highest BCUT2D eigenvalue weighted by molar-refractivity contribution is 5.81. The van der Waals surface area contributed by atoms with E-state index in [1.165, 1.54) is 5.69 Å². The van der Waals surface area contributed by atoms with Crippen molar-refractivity contribution in [2.75, 3.05) is 51.7 Å². The van der Waals surface area contributed by atoms with Crippen LogP contribution in [0.3, 0.4) is 0 Å². The standard InChI is InChI=1S/C18H30N4O/c1-5-21(4)17-9-7-6-8-16(17)14-19-18(23)15(2)22-12-10-20(3)11-13-22/h6-9,15H,5,10-14H2,1-4H3,(H,19,23)/t15-/m1/s1. The maximum atomic E-state index is 12.5. The van der Waals surface area contributed by atoms with E-state index in [1.807, 2.05) is 19.1 Å². The number of hydrogen-bond donors (Lipinski definition) is 1. The van der Waals surface area contributed by atoms with Crippen LogP contribution < -0.4 is 10.2 Å². The third kappa shape index (κ3) is 4.69. The van der Waals surface area contributed by atoms with Gasteiger partial charge in [-0.15, -0.1) is 0 Å². The fourth-order valence-corrected chi connectivity index (χ4v) is 2.91. The van der Waals surface area contributed by atoms with Crippen LogP contribution in [0.4, 0.5) is 5.69 Å². The first-order valence-electron chi connectivity index (χ1n) is 8.52. The highest BCUT2D eigenvalue weighted by Crippen LogP contribution is 2.18. The van der Waals surface area contributed by atoms with Crippen molar-refractivity contribution in [3.05, 3.63) is 29.8 Å². The molecule has 1 amide bonds. The number of likely N-dealkylation sites (N-methyl/N-ethyl adjacent to an activating group) is 1. The lowest BCUT2D eigenvalue weighted by molar-refractivity contribution is -0.126. The van der Waals surface area contributed by atoms with Gasteiger partial charge in [-0.2, -0.15) is 0 Å². The lowest BCUT2D eigenvalue weighted by atomic mass is 10.1. The Morgan fingerprint density at radius 2 is 1.91 bits per heavy atom. The van der Waals surface area contributed by atoms with Gasteiger partial charge in [-0.05, 0) is 32.5 Å². The molecule has 0 radical (unpaired) electrons. The molecule has 0 saturated carbocycles. The quantitative estimate of drug-likeness (QED) is 0.860. The van der Waals surface area contributed by atoms with E-state index in [9.17, 15) is 4.79 Å². The molecule has 0 aromatic heterocycles. The van der Waals surface area contributed by atoms with E-state index in [2.05, 4.69) is 53.2 Å². The maximum Gasteiger partial charge on any atom is 0.237 e. The average molecular weight is 318 g/mol. The smallest absolute Gasteiger partial charge is 0.237 e. The van der Waals surface area contributed by atoms with Gasteiger partial charge < -0.3 is 15.1 Å². The summed E-state index contributed by atoms with van der Waals surface area (Å²) < 4.78 is 0. The molecule has 1 aliphatic heterocycles. The summed E-state index contributed by atoms with van der Waals surface area (Å²) in [4.78, 5) is 19.2. The first-order chi connectivity index (χ1) is 11.0. The molecule has 1 aromatic carbocycles. The molecule has 5 nitrogen and oxygen atoms in total.